The van der Waals surface area contributed by atoms with Gasteiger partial charge in [-0.2, -0.15) is 4.98 Å². The summed E-state index contributed by atoms with van der Waals surface area (Å²) >= 11 is 0. The third-order valence-corrected chi connectivity index (χ3v) is 1.49. The molecule has 14 heavy (non-hydrogen) atoms. The first-order valence-electron chi connectivity index (χ1n) is 4.47. The van der Waals surface area contributed by atoms with Crippen molar-refractivity contribution < 1.29 is 4.52 Å². The third-order valence-electron chi connectivity index (χ3n) is 1.49. The van der Waals surface area contributed by atoms with E-state index in [0.717, 1.165) is 6.54 Å². The van der Waals surface area contributed by atoms with Crippen molar-refractivity contribution in [3.63, 3.8) is 0 Å². The highest BCUT2D eigenvalue weighted by atomic mass is 16.5. The molecule has 0 saturated heterocycles. The fourth-order valence-corrected chi connectivity index (χ4v) is 0.783. The highest BCUT2D eigenvalue weighted by Crippen LogP contribution is 1.91. The van der Waals surface area contributed by atoms with Gasteiger partial charge in [-0.25, -0.2) is 4.99 Å². The SMILES string of the molecule is CC(C)CNC(N)=NCc1ncon1. The van der Waals surface area contributed by atoms with Gasteiger partial charge in [0.15, 0.2) is 11.8 Å². The van der Waals surface area contributed by atoms with Crippen LogP contribution in [0.4, 0.5) is 0 Å². The van der Waals surface area contributed by atoms with E-state index in [1.807, 2.05) is 0 Å². The van der Waals surface area contributed by atoms with Gasteiger partial charge < -0.3 is 15.6 Å². The van der Waals surface area contributed by atoms with Crippen LogP contribution in [0.25, 0.3) is 0 Å². The molecule has 0 fully saturated rings. The van der Waals surface area contributed by atoms with Crippen molar-refractivity contribution in [3.8, 4) is 0 Å². The monoisotopic (exact) mass is 197 g/mol. The summed E-state index contributed by atoms with van der Waals surface area (Å²) in [6.07, 6.45) is 1.27. The summed E-state index contributed by atoms with van der Waals surface area (Å²) in [4.78, 5) is 7.85. The van der Waals surface area contributed by atoms with Crippen LogP contribution in [0.2, 0.25) is 0 Å². The summed E-state index contributed by atoms with van der Waals surface area (Å²) in [6, 6.07) is 0. The van der Waals surface area contributed by atoms with Gasteiger partial charge in [-0.1, -0.05) is 19.0 Å². The zero-order valence-electron chi connectivity index (χ0n) is 8.40. The Bertz CT molecular complexity index is 280. The zero-order valence-corrected chi connectivity index (χ0v) is 8.40. The third kappa shape index (κ3) is 3.88. The summed E-state index contributed by atoms with van der Waals surface area (Å²) in [5, 5.41) is 6.59. The van der Waals surface area contributed by atoms with Gasteiger partial charge in [0, 0.05) is 6.54 Å². The Hall–Kier alpha value is -1.59. The second-order valence-corrected chi connectivity index (χ2v) is 3.32. The van der Waals surface area contributed by atoms with Gasteiger partial charge in [0.05, 0.1) is 0 Å². The number of nitrogens with one attached hydrogen (secondary N) is 1. The number of nitrogens with two attached hydrogens (primary N) is 1. The van der Waals surface area contributed by atoms with Crippen molar-refractivity contribution in [3.05, 3.63) is 12.2 Å². The van der Waals surface area contributed by atoms with Crippen LogP contribution >= 0.6 is 0 Å². The van der Waals surface area contributed by atoms with E-state index in [2.05, 4.69) is 38.8 Å². The molecule has 0 aliphatic carbocycles. The lowest BCUT2D eigenvalue weighted by Gasteiger charge is -2.06. The molecule has 0 radical (unpaired) electrons. The summed E-state index contributed by atoms with van der Waals surface area (Å²) in [5.74, 6) is 1.47. The topological polar surface area (TPSA) is 89.3 Å². The lowest BCUT2D eigenvalue weighted by molar-refractivity contribution is 0.410. The van der Waals surface area contributed by atoms with Gasteiger partial charge in [0.25, 0.3) is 0 Å². The van der Waals surface area contributed by atoms with Crippen LogP contribution in [-0.2, 0) is 6.54 Å². The molecule has 0 aliphatic rings. The normalized spacial score (nSPS) is 12.1. The maximum Gasteiger partial charge on any atom is 0.213 e. The lowest BCUT2D eigenvalue weighted by atomic mass is 10.2. The number of rotatable bonds is 4. The van der Waals surface area contributed by atoms with Gasteiger partial charge >= 0.3 is 0 Å². The van der Waals surface area contributed by atoms with Crippen LogP contribution in [-0.4, -0.2) is 22.6 Å². The number of aliphatic imine (C=N–C) groups is 1. The van der Waals surface area contributed by atoms with Gasteiger partial charge in [-0.05, 0) is 5.92 Å². The molecule has 1 rings (SSSR count). The minimum atomic E-state index is 0.341. The van der Waals surface area contributed by atoms with E-state index in [0.29, 0.717) is 24.2 Å². The predicted octanol–water partition coefficient (Wildman–Crippen LogP) is 0.130. The Morgan fingerprint density at radius 2 is 2.50 bits per heavy atom. The maximum absolute atomic E-state index is 5.59. The number of aromatic nitrogens is 2. The molecule has 0 saturated carbocycles. The van der Waals surface area contributed by atoms with Crippen molar-refractivity contribution >= 4 is 5.96 Å². The van der Waals surface area contributed by atoms with E-state index in [1.54, 1.807) is 0 Å². The van der Waals surface area contributed by atoms with Crippen LogP contribution in [0, 0.1) is 5.92 Å². The van der Waals surface area contributed by atoms with Crippen molar-refractivity contribution in [2.45, 2.75) is 20.4 Å². The average molecular weight is 197 g/mol. The first kappa shape index (κ1) is 10.5. The molecule has 0 atom stereocenters. The highest BCUT2D eigenvalue weighted by Gasteiger charge is 1.98. The van der Waals surface area contributed by atoms with Crippen molar-refractivity contribution in [1.82, 2.24) is 15.5 Å². The standard InChI is InChI=1S/C8H15N5O/c1-6(2)3-10-8(9)11-4-7-12-5-14-13-7/h5-6H,3-4H2,1-2H3,(H3,9,10,11). The molecule has 1 aromatic rings. The number of hydrogen-bond donors (Lipinski definition) is 2. The van der Waals surface area contributed by atoms with Crippen molar-refractivity contribution in [2.75, 3.05) is 6.54 Å². The molecule has 3 N–H and O–H groups in total. The van der Waals surface area contributed by atoms with E-state index in [-0.39, 0.29) is 0 Å². The number of guanidine groups is 1. The molecule has 6 nitrogen and oxygen atoms in total. The van der Waals surface area contributed by atoms with Gasteiger partial charge in [0.1, 0.15) is 6.54 Å². The van der Waals surface area contributed by atoms with E-state index in [4.69, 9.17) is 5.73 Å². The Labute approximate surface area is 82.6 Å². The number of hydrogen-bond acceptors (Lipinski definition) is 4. The second kappa shape index (κ2) is 5.21. The summed E-state index contributed by atoms with van der Waals surface area (Å²) in [7, 11) is 0. The molecule has 0 unspecified atom stereocenters. The first-order valence-corrected chi connectivity index (χ1v) is 4.47. The summed E-state index contributed by atoms with van der Waals surface area (Å²) in [5.41, 5.74) is 5.59. The largest absolute Gasteiger partial charge is 0.370 e. The summed E-state index contributed by atoms with van der Waals surface area (Å²) < 4.78 is 4.55. The van der Waals surface area contributed by atoms with Crippen LogP contribution in [0.15, 0.2) is 15.9 Å². The van der Waals surface area contributed by atoms with E-state index in [9.17, 15) is 0 Å². The molecule has 0 bridgehead atoms. The molecule has 1 aromatic heterocycles. The predicted molar refractivity (Wildman–Crippen MR) is 52.5 cm³/mol. The van der Waals surface area contributed by atoms with Crippen LogP contribution < -0.4 is 11.1 Å². The highest BCUT2D eigenvalue weighted by molar-refractivity contribution is 5.77. The minimum Gasteiger partial charge on any atom is -0.370 e. The smallest absolute Gasteiger partial charge is 0.213 e. The number of nitrogens with zero attached hydrogens (tertiary/aromatic N) is 3. The van der Waals surface area contributed by atoms with Crippen LogP contribution in [0.1, 0.15) is 19.7 Å². The summed E-state index contributed by atoms with van der Waals surface area (Å²) in [6.45, 7) is 5.34. The molecule has 0 amide bonds. The average Bonchev–Trinajstić information content (AvgIpc) is 2.63. The van der Waals surface area contributed by atoms with Crippen molar-refractivity contribution in [1.29, 1.82) is 0 Å². The molecule has 0 aliphatic heterocycles. The Balaban J connectivity index is 2.30. The quantitative estimate of drug-likeness (QED) is 0.529. The molecular formula is C8H15N5O. The molecule has 78 valence electrons. The van der Waals surface area contributed by atoms with E-state index in [1.165, 1.54) is 6.39 Å². The van der Waals surface area contributed by atoms with E-state index >= 15 is 0 Å². The molecular weight excluding hydrogens is 182 g/mol. The van der Waals surface area contributed by atoms with Gasteiger partial charge in [-0.15, -0.1) is 0 Å². The Morgan fingerprint density at radius 1 is 1.71 bits per heavy atom. The van der Waals surface area contributed by atoms with Gasteiger partial charge in [0.2, 0.25) is 6.39 Å². The molecule has 6 heteroatoms. The van der Waals surface area contributed by atoms with Crippen LogP contribution in [0.3, 0.4) is 0 Å². The van der Waals surface area contributed by atoms with E-state index < -0.39 is 0 Å². The fourth-order valence-electron chi connectivity index (χ4n) is 0.783. The maximum atomic E-state index is 5.59. The Morgan fingerprint density at radius 3 is 3.07 bits per heavy atom. The lowest BCUT2D eigenvalue weighted by Crippen LogP contribution is -2.34. The minimum absolute atomic E-state index is 0.341. The van der Waals surface area contributed by atoms with Gasteiger partial charge in [-0.3, -0.25) is 0 Å². The zero-order chi connectivity index (χ0) is 10.4. The molecule has 0 spiro atoms. The van der Waals surface area contributed by atoms with Crippen LogP contribution in [0.5, 0.6) is 0 Å². The first-order chi connectivity index (χ1) is 6.68. The Kier molecular flexibility index (Phi) is 3.90. The van der Waals surface area contributed by atoms with Crippen molar-refractivity contribution in [2.24, 2.45) is 16.6 Å². The molecule has 1 heterocycles. The second-order valence-electron chi connectivity index (χ2n) is 3.32. The fraction of sp³-hybridized carbons (Fsp3) is 0.625. The molecule has 0 aromatic carbocycles.